The molecule has 2 amide bonds. The number of amides is 2. The summed E-state index contributed by atoms with van der Waals surface area (Å²) in [6, 6.07) is 7.19. The lowest BCUT2D eigenvalue weighted by Gasteiger charge is -2.30. The van der Waals surface area contributed by atoms with Gasteiger partial charge in [-0.3, -0.25) is 14.5 Å². The summed E-state index contributed by atoms with van der Waals surface area (Å²) in [5.74, 6) is 3.67. The molecule has 0 spiro atoms. The lowest BCUT2D eigenvalue weighted by molar-refractivity contribution is 0.0612. The molecule has 0 saturated heterocycles. The van der Waals surface area contributed by atoms with E-state index in [0.29, 0.717) is 23.6 Å². The first-order valence-corrected chi connectivity index (χ1v) is 10.9. The van der Waals surface area contributed by atoms with Crippen molar-refractivity contribution in [2.75, 3.05) is 18.1 Å². The zero-order valence-electron chi connectivity index (χ0n) is 15.2. The molecule has 0 atom stereocenters. The van der Waals surface area contributed by atoms with Crippen LogP contribution >= 0.6 is 11.8 Å². The first-order chi connectivity index (χ1) is 12.2. The van der Waals surface area contributed by atoms with Crippen molar-refractivity contribution in [3.8, 4) is 0 Å². The molecule has 0 radical (unpaired) electrons. The third-order valence-electron chi connectivity index (χ3n) is 5.53. The SMILES string of the molecule is CCCCCSCC1CCC(CN2C(=O)c3ccccc3C2=O)CC1. The summed E-state index contributed by atoms with van der Waals surface area (Å²) in [7, 11) is 0. The summed E-state index contributed by atoms with van der Waals surface area (Å²) >= 11 is 2.11. The standard InChI is InChI=1S/C21H29NO2S/c1-2-3-6-13-25-15-17-11-9-16(10-12-17)14-22-20(23)18-7-4-5-8-19(18)21(22)24/h4-5,7-8,16-17H,2-3,6,9-15H2,1H3. The van der Waals surface area contributed by atoms with E-state index in [2.05, 4.69) is 18.7 Å². The first-order valence-electron chi connectivity index (χ1n) is 9.73. The molecule has 1 heterocycles. The minimum atomic E-state index is -0.103. The second kappa shape index (κ2) is 8.88. The van der Waals surface area contributed by atoms with Crippen LogP contribution < -0.4 is 0 Å². The average molecular weight is 360 g/mol. The number of fused-ring (bicyclic) bond motifs is 1. The molecule has 1 aromatic rings. The highest BCUT2D eigenvalue weighted by Crippen LogP contribution is 2.33. The van der Waals surface area contributed by atoms with Gasteiger partial charge in [0.1, 0.15) is 0 Å². The fraction of sp³-hybridized carbons (Fsp3) is 0.619. The molecule has 1 aliphatic heterocycles. The van der Waals surface area contributed by atoms with Gasteiger partial charge >= 0.3 is 0 Å². The minimum absolute atomic E-state index is 0.103. The van der Waals surface area contributed by atoms with Crippen LogP contribution in [0.2, 0.25) is 0 Å². The maximum atomic E-state index is 12.5. The summed E-state index contributed by atoms with van der Waals surface area (Å²) in [6.45, 7) is 2.85. The van der Waals surface area contributed by atoms with Crippen LogP contribution in [-0.2, 0) is 0 Å². The lowest BCUT2D eigenvalue weighted by atomic mass is 9.82. The van der Waals surface area contributed by atoms with Gasteiger partial charge in [-0.05, 0) is 67.6 Å². The normalized spacial score (nSPS) is 23.2. The van der Waals surface area contributed by atoms with Gasteiger partial charge < -0.3 is 0 Å². The van der Waals surface area contributed by atoms with Crippen LogP contribution in [-0.4, -0.2) is 34.8 Å². The second-order valence-electron chi connectivity index (χ2n) is 7.44. The number of imide groups is 1. The third-order valence-corrected chi connectivity index (χ3v) is 6.82. The predicted octanol–water partition coefficient (Wildman–Crippen LogP) is 5.01. The molecule has 1 aromatic carbocycles. The van der Waals surface area contributed by atoms with Gasteiger partial charge in [-0.1, -0.05) is 31.9 Å². The first kappa shape index (κ1) is 18.5. The molecular weight excluding hydrogens is 330 g/mol. The number of rotatable bonds is 8. The minimum Gasteiger partial charge on any atom is -0.274 e. The Labute approximate surface area is 155 Å². The number of thioether (sulfide) groups is 1. The molecule has 3 nitrogen and oxygen atoms in total. The van der Waals surface area contributed by atoms with Crippen molar-refractivity contribution in [2.24, 2.45) is 11.8 Å². The van der Waals surface area contributed by atoms with E-state index in [-0.39, 0.29) is 11.8 Å². The van der Waals surface area contributed by atoms with Crippen molar-refractivity contribution in [2.45, 2.75) is 51.9 Å². The van der Waals surface area contributed by atoms with Crippen LogP contribution in [0.5, 0.6) is 0 Å². The Morgan fingerprint density at radius 2 is 1.56 bits per heavy atom. The van der Waals surface area contributed by atoms with Crippen molar-refractivity contribution in [1.82, 2.24) is 4.90 Å². The Hall–Kier alpha value is -1.29. The summed E-state index contributed by atoms with van der Waals surface area (Å²) in [5.41, 5.74) is 1.15. The Kier molecular flexibility index (Phi) is 6.57. The van der Waals surface area contributed by atoms with Crippen LogP contribution in [0.1, 0.15) is 72.6 Å². The largest absolute Gasteiger partial charge is 0.274 e. The molecule has 1 fully saturated rings. The molecule has 1 saturated carbocycles. The number of carbonyl (C=O) groups is 2. The number of carbonyl (C=O) groups excluding carboxylic acids is 2. The predicted molar refractivity (Wildman–Crippen MR) is 104 cm³/mol. The molecular formula is C21H29NO2S. The van der Waals surface area contributed by atoms with Gasteiger partial charge in [0.2, 0.25) is 0 Å². The van der Waals surface area contributed by atoms with Gasteiger partial charge in [0.05, 0.1) is 11.1 Å². The Bertz CT molecular complexity index is 573. The molecule has 25 heavy (non-hydrogen) atoms. The van der Waals surface area contributed by atoms with E-state index < -0.39 is 0 Å². The van der Waals surface area contributed by atoms with Crippen molar-refractivity contribution < 1.29 is 9.59 Å². The Morgan fingerprint density at radius 3 is 2.16 bits per heavy atom. The molecule has 2 aliphatic rings. The summed E-state index contributed by atoms with van der Waals surface area (Å²) in [4.78, 5) is 26.4. The molecule has 136 valence electrons. The van der Waals surface area contributed by atoms with Crippen molar-refractivity contribution in [3.63, 3.8) is 0 Å². The van der Waals surface area contributed by atoms with E-state index in [9.17, 15) is 9.59 Å². The smallest absolute Gasteiger partial charge is 0.261 e. The molecule has 0 unspecified atom stereocenters. The fourth-order valence-corrected chi connectivity index (χ4v) is 5.19. The number of hydrogen-bond acceptors (Lipinski definition) is 3. The highest BCUT2D eigenvalue weighted by Gasteiger charge is 2.36. The van der Waals surface area contributed by atoms with E-state index >= 15 is 0 Å². The zero-order valence-corrected chi connectivity index (χ0v) is 16.0. The molecule has 1 aliphatic carbocycles. The second-order valence-corrected chi connectivity index (χ2v) is 8.59. The maximum Gasteiger partial charge on any atom is 0.261 e. The number of unbranched alkanes of at least 4 members (excludes halogenated alkanes) is 2. The van der Waals surface area contributed by atoms with Crippen LogP contribution in [0.4, 0.5) is 0 Å². The van der Waals surface area contributed by atoms with Crippen LogP contribution in [0.3, 0.4) is 0 Å². The summed E-state index contributed by atoms with van der Waals surface area (Å²) in [5, 5.41) is 0. The topological polar surface area (TPSA) is 37.4 Å². The third kappa shape index (κ3) is 4.46. The van der Waals surface area contributed by atoms with Gasteiger partial charge in [-0.15, -0.1) is 0 Å². The van der Waals surface area contributed by atoms with E-state index in [1.807, 2.05) is 12.1 Å². The van der Waals surface area contributed by atoms with Crippen molar-refractivity contribution in [1.29, 1.82) is 0 Å². The number of benzene rings is 1. The van der Waals surface area contributed by atoms with Gasteiger partial charge in [-0.2, -0.15) is 11.8 Å². The lowest BCUT2D eigenvalue weighted by Crippen LogP contribution is -2.36. The Balaban J connectivity index is 1.43. The van der Waals surface area contributed by atoms with Crippen molar-refractivity contribution >= 4 is 23.6 Å². The van der Waals surface area contributed by atoms with Gasteiger partial charge in [0.15, 0.2) is 0 Å². The molecule has 0 N–H and O–H groups in total. The van der Waals surface area contributed by atoms with Gasteiger partial charge in [0.25, 0.3) is 11.8 Å². The number of hydrogen-bond donors (Lipinski definition) is 0. The average Bonchev–Trinajstić information content (AvgIpc) is 2.88. The molecule has 3 rings (SSSR count). The van der Waals surface area contributed by atoms with E-state index in [1.54, 1.807) is 12.1 Å². The summed E-state index contributed by atoms with van der Waals surface area (Å²) < 4.78 is 0. The van der Waals surface area contributed by atoms with Crippen LogP contribution in [0.25, 0.3) is 0 Å². The summed E-state index contributed by atoms with van der Waals surface area (Å²) in [6.07, 6.45) is 8.77. The fourth-order valence-electron chi connectivity index (χ4n) is 3.95. The van der Waals surface area contributed by atoms with Gasteiger partial charge in [-0.25, -0.2) is 0 Å². The molecule has 0 bridgehead atoms. The maximum absolute atomic E-state index is 12.5. The van der Waals surface area contributed by atoms with E-state index in [0.717, 1.165) is 18.8 Å². The monoisotopic (exact) mass is 359 g/mol. The highest BCUT2D eigenvalue weighted by atomic mass is 32.2. The Morgan fingerprint density at radius 1 is 0.960 bits per heavy atom. The van der Waals surface area contributed by atoms with Gasteiger partial charge in [0, 0.05) is 6.54 Å². The van der Waals surface area contributed by atoms with Crippen molar-refractivity contribution in [3.05, 3.63) is 35.4 Å². The quantitative estimate of drug-likeness (QED) is 0.483. The van der Waals surface area contributed by atoms with E-state index in [1.165, 1.54) is 48.5 Å². The molecule has 4 heteroatoms. The zero-order chi connectivity index (χ0) is 17.6. The van der Waals surface area contributed by atoms with Crippen LogP contribution in [0.15, 0.2) is 24.3 Å². The highest BCUT2D eigenvalue weighted by molar-refractivity contribution is 7.99. The van der Waals surface area contributed by atoms with Crippen LogP contribution in [0, 0.1) is 11.8 Å². The van der Waals surface area contributed by atoms with E-state index in [4.69, 9.17) is 0 Å². The molecule has 0 aromatic heterocycles. The number of nitrogens with zero attached hydrogens (tertiary/aromatic N) is 1.